The molecule has 0 N–H and O–H groups in total. The van der Waals surface area contributed by atoms with Gasteiger partial charge in [-0.25, -0.2) is 9.97 Å². The third-order valence-corrected chi connectivity index (χ3v) is 4.37. The molecule has 6 heteroatoms. The van der Waals surface area contributed by atoms with Crippen molar-refractivity contribution in [3.8, 4) is 5.75 Å². The lowest BCUT2D eigenvalue weighted by molar-refractivity contribution is 0.101. The number of hydrogen-bond acceptors (Lipinski definition) is 6. The number of piperazine rings is 1. The van der Waals surface area contributed by atoms with Crippen LogP contribution in [0.4, 0.5) is 5.95 Å². The molecule has 0 spiro atoms. The van der Waals surface area contributed by atoms with Crippen LogP contribution in [-0.2, 0) is 6.54 Å². The minimum Gasteiger partial charge on any atom is -0.494 e. The van der Waals surface area contributed by atoms with Gasteiger partial charge in [0.2, 0.25) is 5.95 Å². The summed E-state index contributed by atoms with van der Waals surface area (Å²) < 4.78 is 5.74. The zero-order valence-electron chi connectivity index (χ0n) is 14.8. The molecule has 0 aliphatic carbocycles. The van der Waals surface area contributed by atoms with Crippen molar-refractivity contribution in [3.63, 3.8) is 0 Å². The van der Waals surface area contributed by atoms with Gasteiger partial charge in [0.05, 0.1) is 6.61 Å². The van der Waals surface area contributed by atoms with Crippen LogP contribution in [0, 0.1) is 0 Å². The van der Waals surface area contributed by atoms with Crippen LogP contribution in [0.1, 0.15) is 29.8 Å². The summed E-state index contributed by atoms with van der Waals surface area (Å²) in [7, 11) is 0. The molecule has 1 aromatic carbocycles. The lowest BCUT2D eigenvalue weighted by atomic mass is 10.1. The molecular weight excluding hydrogens is 316 g/mol. The van der Waals surface area contributed by atoms with Crippen molar-refractivity contribution in [1.82, 2.24) is 14.9 Å². The van der Waals surface area contributed by atoms with Crippen LogP contribution in [0.2, 0.25) is 0 Å². The van der Waals surface area contributed by atoms with Crippen LogP contribution in [0.5, 0.6) is 5.75 Å². The standard InChI is InChI=1S/C19H24N4O2/c1-3-25-18-6-5-16(15(2)24)13-17(18)14-22-9-11-23(12-10-22)19-20-7-4-8-21-19/h4-8,13H,3,9-12,14H2,1-2H3. The van der Waals surface area contributed by atoms with E-state index in [4.69, 9.17) is 4.74 Å². The number of ketones is 1. The normalized spacial score (nSPS) is 15.2. The summed E-state index contributed by atoms with van der Waals surface area (Å²) in [6.45, 7) is 8.59. The number of ether oxygens (including phenoxy) is 1. The van der Waals surface area contributed by atoms with Gasteiger partial charge in [-0.1, -0.05) is 0 Å². The monoisotopic (exact) mass is 340 g/mol. The van der Waals surface area contributed by atoms with Crippen molar-refractivity contribution < 1.29 is 9.53 Å². The topological polar surface area (TPSA) is 58.6 Å². The van der Waals surface area contributed by atoms with Crippen LogP contribution in [0.25, 0.3) is 0 Å². The smallest absolute Gasteiger partial charge is 0.225 e. The predicted molar refractivity (Wildman–Crippen MR) is 97.1 cm³/mol. The van der Waals surface area contributed by atoms with Crippen LogP contribution in [0.3, 0.4) is 0 Å². The number of benzene rings is 1. The van der Waals surface area contributed by atoms with Gasteiger partial charge in [0, 0.05) is 56.2 Å². The Balaban J connectivity index is 1.67. The van der Waals surface area contributed by atoms with Crippen LogP contribution in [0.15, 0.2) is 36.7 Å². The van der Waals surface area contributed by atoms with E-state index in [9.17, 15) is 4.79 Å². The molecule has 0 amide bonds. The minimum absolute atomic E-state index is 0.0790. The van der Waals surface area contributed by atoms with E-state index >= 15 is 0 Å². The van der Waals surface area contributed by atoms with E-state index < -0.39 is 0 Å². The van der Waals surface area contributed by atoms with Crippen molar-refractivity contribution in [2.24, 2.45) is 0 Å². The Labute approximate surface area is 148 Å². The maximum Gasteiger partial charge on any atom is 0.225 e. The molecule has 2 heterocycles. The fraction of sp³-hybridized carbons (Fsp3) is 0.421. The molecule has 3 rings (SSSR count). The Kier molecular flexibility index (Phi) is 5.60. The van der Waals surface area contributed by atoms with Gasteiger partial charge >= 0.3 is 0 Å². The number of Topliss-reactive ketones (excluding diaryl/α,β-unsaturated/α-hetero) is 1. The van der Waals surface area contributed by atoms with Gasteiger partial charge < -0.3 is 9.64 Å². The van der Waals surface area contributed by atoms with Gasteiger partial charge in [0.15, 0.2) is 5.78 Å². The molecule has 6 nitrogen and oxygen atoms in total. The predicted octanol–water partition coefficient (Wildman–Crippen LogP) is 2.40. The second kappa shape index (κ2) is 8.07. The van der Waals surface area contributed by atoms with Crippen molar-refractivity contribution in [2.75, 3.05) is 37.7 Å². The van der Waals surface area contributed by atoms with Crippen molar-refractivity contribution >= 4 is 11.7 Å². The second-order valence-corrected chi connectivity index (χ2v) is 6.12. The van der Waals surface area contributed by atoms with Crippen molar-refractivity contribution in [1.29, 1.82) is 0 Å². The summed E-state index contributed by atoms with van der Waals surface area (Å²) in [5.41, 5.74) is 1.80. The van der Waals surface area contributed by atoms with Crippen LogP contribution in [-0.4, -0.2) is 53.4 Å². The summed E-state index contributed by atoms with van der Waals surface area (Å²) in [5, 5.41) is 0. The molecule has 0 bridgehead atoms. The number of carbonyl (C=O) groups is 1. The highest BCUT2D eigenvalue weighted by atomic mass is 16.5. The first-order chi connectivity index (χ1) is 12.2. The Morgan fingerprint density at radius 3 is 2.52 bits per heavy atom. The fourth-order valence-electron chi connectivity index (χ4n) is 3.02. The largest absolute Gasteiger partial charge is 0.494 e. The van der Waals surface area contributed by atoms with Gasteiger partial charge in [0.1, 0.15) is 5.75 Å². The number of nitrogens with zero attached hydrogens (tertiary/aromatic N) is 4. The van der Waals surface area contributed by atoms with Crippen molar-refractivity contribution in [2.45, 2.75) is 20.4 Å². The molecule has 1 fully saturated rings. The Hall–Kier alpha value is -2.47. The molecule has 0 unspecified atom stereocenters. The number of aromatic nitrogens is 2. The molecule has 132 valence electrons. The molecule has 0 atom stereocenters. The lowest BCUT2D eigenvalue weighted by Gasteiger charge is -2.34. The van der Waals surface area contributed by atoms with Gasteiger partial charge in [-0.2, -0.15) is 0 Å². The van der Waals surface area contributed by atoms with E-state index in [1.165, 1.54) is 0 Å². The average Bonchev–Trinajstić information content (AvgIpc) is 2.64. The molecule has 0 radical (unpaired) electrons. The highest BCUT2D eigenvalue weighted by Crippen LogP contribution is 2.23. The Morgan fingerprint density at radius 1 is 1.16 bits per heavy atom. The van der Waals surface area contributed by atoms with E-state index in [0.717, 1.165) is 55.5 Å². The Morgan fingerprint density at radius 2 is 1.88 bits per heavy atom. The highest BCUT2D eigenvalue weighted by Gasteiger charge is 2.20. The molecule has 0 saturated carbocycles. The maximum absolute atomic E-state index is 11.7. The fourth-order valence-corrected chi connectivity index (χ4v) is 3.02. The molecule has 25 heavy (non-hydrogen) atoms. The van der Waals surface area contributed by atoms with Gasteiger partial charge in [-0.05, 0) is 38.1 Å². The first-order valence-corrected chi connectivity index (χ1v) is 8.68. The minimum atomic E-state index is 0.0790. The van der Waals surface area contributed by atoms with E-state index in [-0.39, 0.29) is 5.78 Å². The number of carbonyl (C=O) groups excluding carboxylic acids is 1. The lowest BCUT2D eigenvalue weighted by Crippen LogP contribution is -2.46. The van der Waals surface area contributed by atoms with Crippen LogP contribution >= 0.6 is 0 Å². The maximum atomic E-state index is 11.7. The quantitative estimate of drug-likeness (QED) is 0.753. The summed E-state index contributed by atoms with van der Waals surface area (Å²) in [5.74, 6) is 1.73. The number of anilines is 1. The molecular formula is C19H24N4O2. The zero-order chi connectivity index (χ0) is 17.6. The van der Waals surface area contributed by atoms with E-state index in [1.807, 2.05) is 31.2 Å². The molecule has 1 aliphatic rings. The Bertz CT molecular complexity index is 713. The third-order valence-electron chi connectivity index (χ3n) is 4.37. The highest BCUT2D eigenvalue weighted by molar-refractivity contribution is 5.94. The SMILES string of the molecule is CCOc1ccc(C(C)=O)cc1CN1CCN(c2ncccn2)CC1. The van der Waals surface area contributed by atoms with E-state index in [0.29, 0.717) is 6.61 Å². The first-order valence-electron chi connectivity index (χ1n) is 8.68. The summed E-state index contributed by atoms with van der Waals surface area (Å²) >= 11 is 0. The number of rotatable bonds is 6. The van der Waals surface area contributed by atoms with E-state index in [1.54, 1.807) is 19.3 Å². The zero-order valence-corrected chi connectivity index (χ0v) is 14.8. The summed E-state index contributed by atoms with van der Waals surface area (Å²) in [4.78, 5) is 24.9. The van der Waals surface area contributed by atoms with Crippen LogP contribution < -0.4 is 9.64 Å². The number of hydrogen-bond donors (Lipinski definition) is 0. The third kappa shape index (κ3) is 4.33. The van der Waals surface area contributed by atoms with Crippen molar-refractivity contribution in [3.05, 3.63) is 47.8 Å². The molecule has 2 aromatic rings. The van der Waals surface area contributed by atoms with Gasteiger partial charge in [-0.3, -0.25) is 9.69 Å². The van der Waals surface area contributed by atoms with Gasteiger partial charge in [-0.15, -0.1) is 0 Å². The second-order valence-electron chi connectivity index (χ2n) is 6.12. The van der Waals surface area contributed by atoms with Gasteiger partial charge in [0.25, 0.3) is 0 Å². The molecule has 1 aromatic heterocycles. The molecule has 1 saturated heterocycles. The first kappa shape index (κ1) is 17.4. The summed E-state index contributed by atoms with van der Waals surface area (Å²) in [6.07, 6.45) is 3.55. The van der Waals surface area contributed by atoms with E-state index in [2.05, 4.69) is 19.8 Å². The molecule has 1 aliphatic heterocycles. The summed E-state index contributed by atoms with van der Waals surface area (Å²) in [6, 6.07) is 7.53. The average molecular weight is 340 g/mol.